The molecular weight excluding hydrogens is 162 g/mol. The molecule has 4 heteroatoms. The standard InChI is InChI=1S/C7H15NO2S/c8-11(9,10)6-2-5-7-3-1-4-7/h7H,1-6H2,(H2,8,9,10). The van der Waals surface area contributed by atoms with Crippen molar-refractivity contribution in [1.82, 2.24) is 0 Å². The molecule has 0 aromatic rings. The molecule has 0 radical (unpaired) electrons. The minimum Gasteiger partial charge on any atom is -0.229 e. The molecule has 0 unspecified atom stereocenters. The van der Waals surface area contributed by atoms with Crippen molar-refractivity contribution < 1.29 is 8.42 Å². The van der Waals surface area contributed by atoms with E-state index in [2.05, 4.69) is 0 Å². The first kappa shape index (κ1) is 9.00. The van der Waals surface area contributed by atoms with E-state index in [1.54, 1.807) is 0 Å². The van der Waals surface area contributed by atoms with E-state index in [1.807, 2.05) is 0 Å². The van der Waals surface area contributed by atoms with Crippen LogP contribution in [0.15, 0.2) is 0 Å². The largest absolute Gasteiger partial charge is 0.229 e. The SMILES string of the molecule is NS(=O)(=O)CCCC1CCC1. The van der Waals surface area contributed by atoms with E-state index in [-0.39, 0.29) is 5.75 Å². The Morgan fingerprint density at radius 3 is 2.36 bits per heavy atom. The number of nitrogens with two attached hydrogens (primary N) is 1. The summed E-state index contributed by atoms with van der Waals surface area (Å²) >= 11 is 0. The predicted octanol–water partition coefficient (Wildman–Crippen LogP) is 0.855. The summed E-state index contributed by atoms with van der Waals surface area (Å²) in [5.41, 5.74) is 0. The first-order valence-corrected chi connectivity index (χ1v) is 5.80. The van der Waals surface area contributed by atoms with Gasteiger partial charge >= 0.3 is 0 Å². The Balaban J connectivity index is 2.04. The third-order valence-electron chi connectivity index (χ3n) is 2.27. The molecule has 0 aromatic carbocycles. The summed E-state index contributed by atoms with van der Waals surface area (Å²) in [5, 5.41) is 4.85. The van der Waals surface area contributed by atoms with Crippen LogP contribution >= 0.6 is 0 Å². The van der Waals surface area contributed by atoms with Crippen LogP contribution in [0.25, 0.3) is 0 Å². The molecule has 1 fully saturated rings. The lowest BCUT2D eigenvalue weighted by molar-refractivity contribution is 0.294. The monoisotopic (exact) mass is 177 g/mol. The number of rotatable bonds is 4. The molecular formula is C7H15NO2S. The van der Waals surface area contributed by atoms with E-state index in [1.165, 1.54) is 19.3 Å². The maximum Gasteiger partial charge on any atom is 0.209 e. The van der Waals surface area contributed by atoms with Crippen LogP contribution in [-0.4, -0.2) is 14.2 Å². The second-order valence-corrected chi connectivity index (χ2v) is 5.04. The van der Waals surface area contributed by atoms with E-state index in [0.717, 1.165) is 18.8 Å². The van der Waals surface area contributed by atoms with Crippen LogP contribution in [0.2, 0.25) is 0 Å². The summed E-state index contributed by atoms with van der Waals surface area (Å²) in [7, 11) is -3.20. The Morgan fingerprint density at radius 1 is 1.36 bits per heavy atom. The normalized spacial score (nSPS) is 19.7. The Bertz CT molecular complexity index is 206. The molecule has 1 saturated carbocycles. The highest BCUT2D eigenvalue weighted by atomic mass is 32.2. The number of primary sulfonamides is 1. The Hall–Kier alpha value is -0.0900. The molecule has 11 heavy (non-hydrogen) atoms. The fourth-order valence-corrected chi connectivity index (χ4v) is 1.92. The Kier molecular flexibility index (Phi) is 2.90. The molecule has 0 amide bonds. The second kappa shape index (κ2) is 3.54. The molecule has 0 aromatic heterocycles. The molecule has 0 saturated heterocycles. The van der Waals surface area contributed by atoms with Gasteiger partial charge in [-0.15, -0.1) is 0 Å². The van der Waals surface area contributed by atoms with Crippen LogP contribution in [-0.2, 0) is 10.0 Å². The average Bonchev–Trinajstić information content (AvgIpc) is 1.73. The number of hydrogen-bond acceptors (Lipinski definition) is 2. The van der Waals surface area contributed by atoms with Gasteiger partial charge in [-0.25, -0.2) is 13.6 Å². The maximum atomic E-state index is 10.5. The summed E-state index contributed by atoms with van der Waals surface area (Å²) in [6, 6.07) is 0. The number of hydrogen-bond donors (Lipinski definition) is 1. The van der Waals surface area contributed by atoms with Gasteiger partial charge in [0.05, 0.1) is 5.75 Å². The van der Waals surface area contributed by atoms with E-state index in [4.69, 9.17) is 5.14 Å². The molecule has 0 heterocycles. The van der Waals surface area contributed by atoms with Gasteiger partial charge in [0.2, 0.25) is 10.0 Å². The van der Waals surface area contributed by atoms with E-state index in [0.29, 0.717) is 0 Å². The quantitative estimate of drug-likeness (QED) is 0.692. The zero-order chi connectivity index (χ0) is 8.32. The van der Waals surface area contributed by atoms with Crippen LogP contribution in [0.3, 0.4) is 0 Å². The van der Waals surface area contributed by atoms with Crippen molar-refractivity contribution in [1.29, 1.82) is 0 Å². The lowest BCUT2D eigenvalue weighted by atomic mass is 9.82. The highest BCUT2D eigenvalue weighted by Crippen LogP contribution is 2.30. The van der Waals surface area contributed by atoms with Crippen LogP contribution in [0.5, 0.6) is 0 Å². The van der Waals surface area contributed by atoms with Gasteiger partial charge in [0.25, 0.3) is 0 Å². The van der Waals surface area contributed by atoms with Crippen molar-refractivity contribution in [2.24, 2.45) is 11.1 Å². The summed E-state index contributed by atoms with van der Waals surface area (Å²) in [5.74, 6) is 0.945. The topological polar surface area (TPSA) is 60.2 Å². The fraction of sp³-hybridized carbons (Fsp3) is 1.00. The lowest BCUT2D eigenvalue weighted by Crippen LogP contribution is -2.18. The molecule has 3 nitrogen and oxygen atoms in total. The molecule has 66 valence electrons. The molecule has 0 bridgehead atoms. The molecule has 2 N–H and O–H groups in total. The lowest BCUT2D eigenvalue weighted by Gasteiger charge is -2.24. The summed E-state index contributed by atoms with van der Waals surface area (Å²) in [6.07, 6.45) is 5.66. The molecule has 1 rings (SSSR count). The molecule has 1 aliphatic rings. The minimum absolute atomic E-state index is 0.156. The molecule has 0 spiro atoms. The zero-order valence-corrected chi connectivity index (χ0v) is 7.44. The van der Waals surface area contributed by atoms with Crippen LogP contribution in [0.1, 0.15) is 32.1 Å². The van der Waals surface area contributed by atoms with Crippen LogP contribution in [0.4, 0.5) is 0 Å². The minimum atomic E-state index is -3.20. The van der Waals surface area contributed by atoms with Crippen molar-refractivity contribution in [3.63, 3.8) is 0 Å². The molecule has 1 aliphatic carbocycles. The molecule has 0 aliphatic heterocycles. The van der Waals surface area contributed by atoms with Gasteiger partial charge in [-0.3, -0.25) is 0 Å². The highest BCUT2D eigenvalue weighted by Gasteiger charge is 2.17. The second-order valence-electron chi connectivity index (χ2n) is 3.31. The number of sulfonamides is 1. The van der Waals surface area contributed by atoms with Gasteiger partial charge in [-0.2, -0.15) is 0 Å². The van der Waals surface area contributed by atoms with Crippen LogP contribution < -0.4 is 5.14 Å². The van der Waals surface area contributed by atoms with Crippen LogP contribution in [0, 0.1) is 5.92 Å². The average molecular weight is 177 g/mol. The van der Waals surface area contributed by atoms with Gasteiger partial charge in [-0.1, -0.05) is 19.3 Å². The summed E-state index contributed by atoms with van der Waals surface area (Å²) in [6.45, 7) is 0. The van der Waals surface area contributed by atoms with Crippen molar-refractivity contribution >= 4 is 10.0 Å². The van der Waals surface area contributed by atoms with Gasteiger partial charge in [0.15, 0.2) is 0 Å². The van der Waals surface area contributed by atoms with Crippen molar-refractivity contribution in [3.8, 4) is 0 Å². The summed E-state index contributed by atoms with van der Waals surface area (Å²) in [4.78, 5) is 0. The van der Waals surface area contributed by atoms with Gasteiger partial charge in [-0.05, 0) is 18.8 Å². The predicted molar refractivity (Wildman–Crippen MR) is 44.5 cm³/mol. The highest BCUT2D eigenvalue weighted by molar-refractivity contribution is 7.89. The smallest absolute Gasteiger partial charge is 0.209 e. The molecule has 0 atom stereocenters. The zero-order valence-electron chi connectivity index (χ0n) is 6.62. The third kappa shape index (κ3) is 3.72. The van der Waals surface area contributed by atoms with Gasteiger partial charge in [0, 0.05) is 0 Å². The van der Waals surface area contributed by atoms with Gasteiger partial charge < -0.3 is 0 Å². The Labute approximate surface area is 68.0 Å². The first-order chi connectivity index (χ1) is 5.08. The van der Waals surface area contributed by atoms with E-state index in [9.17, 15) is 8.42 Å². The van der Waals surface area contributed by atoms with Crippen molar-refractivity contribution in [2.45, 2.75) is 32.1 Å². The summed E-state index contributed by atoms with van der Waals surface area (Å²) < 4.78 is 21.0. The van der Waals surface area contributed by atoms with E-state index < -0.39 is 10.0 Å². The third-order valence-corrected chi connectivity index (χ3v) is 3.12. The van der Waals surface area contributed by atoms with Crippen molar-refractivity contribution in [2.75, 3.05) is 5.75 Å². The van der Waals surface area contributed by atoms with Gasteiger partial charge in [0.1, 0.15) is 0 Å². The maximum absolute atomic E-state index is 10.5. The first-order valence-electron chi connectivity index (χ1n) is 4.08. The Morgan fingerprint density at radius 2 is 2.00 bits per heavy atom. The van der Waals surface area contributed by atoms with Crippen molar-refractivity contribution in [3.05, 3.63) is 0 Å². The fourth-order valence-electron chi connectivity index (χ4n) is 1.35. The van der Waals surface area contributed by atoms with E-state index >= 15 is 0 Å².